The van der Waals surface area contributed by atoms with Gasteiger partial charge in [-0.15, -0.1) is 0 Å². The normalized spacial score (nSPS) is 12.8. The molecule has 84 valence electrons. The summed E-state index contributed by atoms with van der Waals surface area (Å²) in [7, 11) is 0. The number of benzene rings is 1. The second kappa shape index (κ2) is 6.26. The fourth-order valence-corrected chi connectivity index (χ4v) is 2.05. The van der Waals surface area contributed by atoms with Gasteiger partial charge in [0.05, 0.1) is 0 Å². The molecular formula is C12H19BrN2. The molecule has 3 heteroatoms. The molecule has 0 aliphatic rings. The standard InChI is InChI=1S/C12H19BrN2/c1-9-5-6-10(13)8-11(9)12(15)4-2-3-7-14/h5-6,8,12H,2-4,7,14-15H2,1H3/t12-/m1/s1. The summed E-state index contributed by atoms with van der Waals surface area (Å²) in [6.45, 7) is 2.86. The Balaban J connectivity index is 2.64. The predicted molar refractivity (Wildman–Crippen MR) is 68.7 cm³/mol. The van der Waals surface area contributed by atoms with E-state index in [0.29, 0.717) is 0 Å². The quantitative estimate of drug-likeness (QED) is 0.809. The first kappa shape index (κ1) is 12.7. The molecule has 1 aromatic rings. The van der Waals surface area contributed by atoms with E-state index >= 15 is 0 Å². The number of aryl methyl sites for hydroxylation is 1. The Hall–Kier alpha value is -0.380. The molecule has 4 N–H and O–H groups in total. The molecule has 0 aliphatic carbocycles. The lowest BCUT2D eigenvalue weighted by Gasteiger charge is -2.14. The van der Waals surface area contributed by atoms with Crippen molar-refractivity contribution in [2.75, 3.05) is 6.54 Å². The van der Waals surface area contributed by atoms with Gasteiger partial charge >= 0.3 is 0 Å². The second-order valence-corrected chi connectivity index (χ2v) is 4.81. The van der Waals surface area contributed by atoms with Crippen LogP contribution in [-0.2, 0) is 0 Å². The smallest absolute Gasteiger partial charge is 0.0297 e. The van der Waals surface area contributed by atoms with Crippen LogP contribution in [-0.4, -0.2) is 6.54 Å². The van der Waals surface area contributed by atoms with Crippen LogP contribution in [0.25, 0.3) is 0 Å². The lowest BCUT2D eigenvalue weighted by molar-refractivity contribution is 0.588. The molecule has 15 heavy (non-hydrogen) atoms. The van der Waals surface area contributed by atoms with E-state index in [4.69, 9.17) is 11.5 Å². The van der Waals surface area contributed by atoms with Crippen molar-refractivity contribution in [1.29, 1.82) is 0 Å². The van der Waals surface area contributed by atoms with Crippen molar-refractivity contribution >= 4 is 15.9 Å². The van der Waals surface area contributed by atoms with Crippen LogP contribution >= 0.6 is 15.9 Å². The Morgan fingerprint density at radius 2 is 2.07 bits per heavy atom. The third-order valence-corrected chi connectivity index (χ3v) is 3.10. The van der Waals surface area contributed by atoms with Crippen molar-refractivity contribution in [3.63, 3.8) is 0 Å². The van der Waals surface area contributed by atoms with Crippen molar-refractivity contribution in [3.8, 4) is 0 Å². The van der Waals surface area contributed by atoms with Gasteiger partial charge in [-0.25, -0.2) is 0 Å². The minimum atomic E-state index is 0.133. The molecule has 1 atom stereocenters. The maximum Gasteiger partial charge on any atom is 0.0297 e. The summed E-state index contributed by atoms with van der Waals surface area (Å²) in [6.07, 6.45) is 3.17. The first-order chi connectivity index (χ1) is 7.15. The van der Waals surface area contributed by atoms with Gasteiger partial charge < -0.3 is 11.5 Å². The lowest BCUT2D eigenvalue weighted by atomic mass is 9.98. The predicted octanol–water partition coefficient (Wildman–Crippen LogP) is 2.89. The van der Waals surface area contributed by atoms with Crippen LogP contribution in [0.4, 0.5) is 0 Å². The Morgan fingerprint density at radius 1 is 1.33 bits per heavy atom. The second-order valence-electron chi connectivity index (χ2n) is 3.89. The highest BCUT2D eigenvalue weighted by molar-refractivity contribution is 9.10. The first-order valence-corrected chi connectivity index (χ1v) is 6.16. The van der Waals surface area contributed by atoms with Gasteiger partial charge in [-0.2, -0.15) is 0 Å². The van der Waals surface area contributed by atoms with E-state index in [9.17, 15) is 0 Å². The van der Waals surface area contributed by atoms with Crippen LogP contribution in [0.5, 0.6) is 0 Å². The van der Waals surface area contributed by atoms with Gasteiger partial charge in [0.25, 0.3) is 0 Å². The van der Waals surface area contributed by atoms with Crippen LogP contribution in [0.1, 0.15) is 36.4 Å². The number of rotatable bonds is 5. The highest BCUT2D eigenvalue weighted by atomic mass is 79.9. The van der Waals surface area contributed by atoms with Gasteiger partial charge in [0.1, 0.15) is 0 Å². The zero-order valence-electron chi connectivity index (χ0n) is 9.17. The largest absolute Gasteiger partial charge is 0.330 e. The van der Waals surface area contributed by atoms with Gasteiger partial charge in [-0.1, -0.05) is 28.4 Å². The monoisotopic (exact) mass is 270 g/mol. The fourth-order valence-electron chi connectivity index (χ4n) is 1.67. The van der Waals surface area contributed by atoms with Crippen molar-refractivity contribution in [2.24, 2.45) is 11.5 Å². The topological polar surface area (TPSA) is 52.0 Å². The van der Waals surface area contributed by atoms with Crippen LogP contribution in [0.15, 0.2) is 22.7 Å². The van der Waals surface area contributed by atoms with E-state index in [-0.39, 0.29) is 6.04 Å². The molecule has 0 saturated carbocycles. The molecule has 0 heterocycles. The third-order valence-electron chi connectivity index (χ3n) is 2.61. The van der Waals surface area contributed by atoms with Crippen LogP contribution in [0.2, 0.25) is 0 Å². The van der Waals surface area contributed by atoms with Crippen molar-refractivity contribution < 1.29 is 0 Å². The van der Waals surface area contributed by atoms with Crippen LogP contribution < -0.4 is 11.5 Å². The Kier molecular flexibility index (Phi) is 5.29. The molecule has 0 fully saturated rings. The molecule has 0 saturated heterocycles. The summed E-state index contributed by atoms with van der Waals surface area (Å²) < 4.78 is 1.09. The van der Waals surface area contributed by atoms with E-state index in [2.05, 4.69) is 35.0 Å². The maximum absolute atomic E-state index is 6.14. The third kappa shape index (κ3) is 3.93. The molecule has 1 aromatic carbocycles. The van der Waals surface area contributed by atoms with Crippen LogP contribution in [0.3, 0.4) is 0 Å². The summed E-state index contributed by atoms with van der Waals surface area (Å²) in [6, 6.07) is 6.39. The van der Waals surface area contributed by atoms with Gasteiger partial charge in [0.2, 0.25) is 0 Å². The summed E-state index contributed by atoms with van der Waals surface area (Å²) in [4.78, 5) is 0. The molecule has 0 radical (unpaired) electrons. The number of hydrogen-bond donors (Lipinski definition) is 2. The number of nitrogens with two attached hydrogens (primary N) is 2. The molecule has 1 rings (SSSR count). The van der Waals surface area contributed by atoms with E-state index in [1.807, 2.05) is 6.07 Å². The molecule has 0 aliphatic heterocycles. The van der Waals surface area contributed by atoms with Gasteiger partial charge in [0.15, 0.2) is 0 Å². The zero-order chi connectivity index (χ0) is 11.3. The average Bonchev–Trinajstić information content (AvgIpc) is 2.22. The molecule has 0 unspecified atom stereocenters. The van der Waals surface area contributed by atoms with Gasteiger partial charge in [-0.05, 0) is 49.6 Å². The summed E-state index contributed by atoms with van der Waals surface area (Å²) in [5.41, 5.74) is 14.1. The summed E-state index contributed by atoms with van der Waals surface area (Å²) in [5, 5.41) is 0. The van der Waals surface area contributed by atoms with E-state index < -0.39 is 0 Å². The molecular weight excluding hydrogens is 252 g/mol. The Bertz CT molecular complexity index is 312. The van der Waals surface area contributed by atoms with Crippen molar-refractivity contribution in [2.45, 2.75) is 32.2 Å². The fraction of sp³-hybridized carbons (Fsp3) is 0.500. The number of unbranched alkanes of at least 4 members (excludes halogenated alkanes) is 1. The number of halogens is 1. The van der Waals surface area contributed by atoms with E-state index in [1.54, 1.807) is 0 Å². The Labute approximate surface area is 100 Å². The SMILES string of the molecule is Cc1ccc(Br)cc1[C@H](N)CCCCN. The molecule has 0 bridgehead atoms. The highest BCUT2D eigenvalue weighted by Gasteiger charge is 2.08. The minimum Gasteiger partial charge on any atom is -0.330 e. The van der Waals surface area contributed by atoms with E-state index in [0.717, 1.165) is 30.3 Å². The number of hydrogen-bond acceptors (Lipinski definition) is 2. The molecule has 0 spiro atoms. The van der Waals surface area contributed by atoms with Gasteiger partial charge in [0, 0.05) is 10.5 Å². The molecule has 2 nitrogen and oxygen atoms in total. The molecule has 0 amide bonds. The maximum atomic E-state index is 6.14. The average molecular weight is 271 g/mol. The van der Waals surface area contributed by atoms with Crippen LogP contribution in [0, 0.1) is 6.92 Å². The summed E-state index contributed by atoms with van der Waals surface area (Å²) >= 11 is 3.47. The van der Waals surface area contributed by atoms with E-state index in [1.165, 1.54) is 11.1 Å². The molecule has 0 aromatic heterocycles. The highest BCUT2D eigenvalue weighted by Crippen LogP contribution is 2.23. The van der Waals surface area contributed by atoms with Crippen molar-refractivity contribution in [3.05, 3.63) is 33.8 Å². The summed E-state index contributed by atoms with van der Waals surface area (Å²) in [5.74, 6) is 0. The first-order valence-electron chi connectivity index (χ1n) is 5.37. The van der Waals surface area contributed by atoms with Crippen molar-refractivity contribution in [1.82, 2.24) is 0 Å². The lowest BCUT2D eigenvalue weighted by Crippen LogP contribution is -2.12. The zero-order valence-corrected chi connectivity index (χ0v) is 10.8. The van der Waals surface area contributed by atoms with Gasteiger partial charge in [-0.3, -0.25) is 0 Å². The Morgan fingerprint density at radius 3 is 2.73 bits per heavy atom. The minimum absolute atomic E-state index is 0.133.